The summed E-state index contributed by atoms with van der Waals surface area (Å²) in [6.07, 6.45) is 4.16. The molecule has 2 aromatic rings. The third kappa shape index (κ3) is 2.51. The molecule has 88 valence electrons. The van der Waals surface area contributed by atoms with Crippen LogP contribution in [0.25, 0.3) is 0 Å². The Labute approximate surface area is 96.7 Å². The number of aromatic hydroxyl groups is 1. The Hall–Kier alpha value is -2.57. The van der Waals surface area contributed by atoms with Crippen molar-refractivity contribution in [3.63, 3.8) is 0 Å². The summed E-state index contributed by atoms with van der Waals surface area (Å²) in [5, 5.41) is 18.1. The van der Waals surface area contributed by atoms with E-state index < -0.39 is 0 Å². The normalized spacial score (nSPS) is 10.1. The van der Waals surface area contributed by atoms with E-state index in [0.717, 1.165) is 0 Å². The Morgan fingerprint density at radius 1 is 1.47 bits per heavy atom. The molecule has 7 nitrogen and oxygen atoms in total. The lowest BCUT2D eigenvalue weighted by atomic mass is 10.2. The number of nitrogens with zero attached hydrogens (tertiary/aromatic N) is 2. The van der Waals surface area contributed by atoms with E-state index in [4.69, 9.17) is 5.73 Å². The van der Waals surface area contributed by atoms with E-state index in [1.165, 1.54) is 24.7 Å². The summed E-state index contributed by atoms with van der Waals surface area (Å²) in [7, 11) is 0. The van der Waals surface area contributed by atoms with Crippen LogP contribution in [0.2, 0.25) is 0 Å². The molecule has 0 spiro atoms. The number of hydrogen-bond donors (Lipinski definition) is 4. The standard InChI is InChI=1S/C10H11N5O2/c11-9-7(4-14-15-9)3-13-10(17)6-1-8(16)5-12-2-6/h1-2,4-5,16H,3H2,(H,13,17)(H3,11,14,15). The minimum Gasteiger partial charge on any atom is -0.506 e. The summed E-state index contributed by atoms with van der Waals surface area (Å²) in [4.78, 5) is 15.4. The van der Waals surface area contributed by atoms with Gasteiger partial charge in [0.25, 0.3) is 5.91 Å². The second kappa shape index (κ2) is 4.52. The first-order valence-electron chi connectivity index (χ1n) is 4.87. The van der Waals surface area contributed by atoms with E-state index in [-0.39, 0.29) is 23.8 Å². The van der Waals surface area contributed by atoms with E-state index in [1.54, 1.807) is 0 Å². The van der Waals surface area contributed by atoms with Crippen molar-refractivity contribution in [3.8, 4) is 5.75 Å². The number of amides is 1. The molecule has 0 aliphatic rings. The zero-order valence-corrected chi connectivity index (χ0v) is 8.84. The number of anilines is 1. The molecule has 0 aliphatic carbocycles. The van der Waals surface area contributed by atoms with Crippen LogP contribution in [0.15, 0.2) is 24.7 Å². The van der Waals surface area contributed by atoms with Crippen molar-refractivity contribution in [2.24, 2.45) is 0 Å². The van der Waals surface area contributed by atoms with Gasteiger partial charge in [-0.05, 0) is 6.07 Å². The molecular weight excluding hydrogens is 222 g/mol. The molecule has 0 aromatic carbocycles. The SMILES string of the molecule is Nc1[nH]ncc1CNC(=O)c1cncc(O)c1. The fraction of sp³-hybridized carbons (Fsp3) is 0.100. The average molecular weight is 233 g/mol. The molecule has 5 N–H and O–H groups in total. The van der Waals surface area contributed by atoms with Crippen LogP contribution >= 0.6 is 0 Å². The first kappa shape index (κ1) is 10.9. The highest BCUT2D eigenvalue weighted by atomic mass is 16.3. The fourth-order valence-corrected chi connectivity index (χ4v) is 1.29. The summed E-state index contributed by atoms with van der Waals surface area (Å²) in [5.74, 6) is 0.0220. The van der Waals surface area contributed by atoms with Crippen molar-refractivity contribution in [1.82, 2.24) is 20.5 Å². The molecule has 0 atom stereocenters. The largest absolute Gasteiger partial charge is 0.506 e. The summed E-state index contributed by atoms with van der Waals surface area (Å²) in [5.41, 5.74) is 6.55. The fourth-order valence-electron chi connectivity index (χ4n) is 1.29. The molecule has 2 heterocycles. The molecule has 7 heteroatoms. The van der Waals surface area contributed by atoms with Gasteiger partial charge in [0, 0.05) is 18.3 Å². The summed E-state index contributed by atoms with van der Waals surface area (Å²) >= 11 is 0. The summed E-state index contributed by atoms with van der Waals surface area (Å²) in [6, 6.07) is 1.33. The maximum Gasteiger partial charge on any atom is 0.253 e. The number of H-pyrrole nitrogens is 1. The molecule has 0 bridgehead atoms. The number of carbonyl (C=O) groups excluding carboxylic acids is 1. The van der Waals surface area contributed by atoms with Crippen LogP contribution in [0.1, 0.15) is 15.9 Å². The number of hydrogen-bond acceptors (Lipinski definition) is 5. The molecule has 0 aliphatic heterocycles. The summed E-state index contributed by atoms with van der Waals surface area (Å²) < 4.78 is 0. The maximum absolute atomic E-state index is 11.7. The number of rotatable bonds is 3. The molecule has 0 unspecified atom stereocenters. The Bertz CT molecular complexity index is 537. The lowest BCUT2D eigenvalue weighted by molar-refractivity contribution is 0.0950. The van der Waals surface area contributed by atoms with Crippen LogP contribution < -0.4 is 11.1 Å². The molecule has 2 aromatic heterocycles. The zero-order valence-electron chi connectivity index (χ0n) is 8.84. The molecular formula is C10H11N5O2. The van der Waals surface area contributed by atoms with Crippen LogP contribution in [-0.4, -0.2) is 26.2 Å². The molecule has 0 saturated carbocycles. The molecule has 2 rings (SSSR count). The smallest absolute Gasteiger partial charge is 0.253 e. The maximum atomic E-state index is 11.7. The van der Waals surface area contributed by atoms with Crippen molar-refractivity contribution in [1.29, 1.82) is 0 Å². The van der Waals surface area contributed by atoms with Crippen molar-refractivity contribution in [3.05, 3.63) is 35.8 Å². The lowest BCUT2D eigenvalue weighted by Crippen LogP contribution is -2.23. The Balaban J connectivity index is 2.01. The van der Waals surface area contributed by atoms with Gasteiger partial charge in [0.2, 0.25) is 0 Å². The van der Waals surface area contributed by atoms with Crippen LogP contribution in [0.4, 0.5) is 5.82 Å². The number of nitrogens with two attached hydrogens (primary N) is 1. The van der Waals surface area contributed by atoms with Gasteiger partial charge in [-0.15, -0.1) is 0 Å². The van der Waals surface area contributed by atoms with Gasteiger partial charge in [-0.1, -0.05) is 0 Å². The molecule has 17 heavy (non-hydrogen) atoms. The van der Waals surface area contributed by atoms with Gasteiger partial charge >= 0.3 is 0 Å². The van der Waals surface area contributed by atoms with Crippen molar-refractivity contribution < 1.29 is 9.90 Å². The Morgan fingerprint density at radius 3 is 2.94 bits per heavy atom. The van der Waals surface area contributed by atoms with E-state index >= 15 is 0 Å². The molecule has 0 fully saturated rings. The van der Waals surface area contributed by atoms with Crippen LogP contribution in [0.3, 0.4) is 0 Å². The third-order valence-corrected chi connectivity index (χ3v) is 2.18. The Morgan fingerprint density at radius 2 is 2.29 bits per heavy atom. The average Bonchev–Trinajstić information content (AvgIpc) is 2.72. The number of nitrogen functional groups attached to an aromatic ring is 1. The van der Waals surface area contributed by atoms with Gasteiger partial charge < -0.3 is 16.2 Å². The number of aromatic nitrogens is 3. The molecule has 0 radical (unpaired) electrons. The predicted octanol–water partition coefficient (Wildman–Crippen LogP) is 0.0225. The van der Waals surface area contributed by atoms with Crippen molar-refractivity contribution in [2.75, 3.05) is 5.73 Å². The first-order valence-corrected chi connectivity index (χ1v) is 4.87. The van der Waals surface area contributed by atoms with E-state index in [2.05, 4.69) is 20.5 Å². The number of nitrogens with one attached hydrogen (secondary N) is 2. The van der Waals surface area contributed by atoms with Crippen molar-refractivity contribution in [2.45, 2.75) is 6.54 Å². The second-order valence-corrected chi connectivity index (χ2v) is 3.42. The van der Waals surface area contributed by atoms with Crippen LogP contribution in [-0.2, 0) is 6.54 Å². The highest BCUT2D eigenvalue weighted by Gasteiger charge is 2.08. The minimum atomic E-state index is -0.339. The minimum absolute atomic E-state index is 0.0551. The zero-order chi connectivity index (χ0) is 12.3. The number of pyridine rings is 1. The van der Waals surface area contributed by atoms with E-state index in [0.29, 0.717) is 11.4 Å². The number of aromatic amines is 1. The molecule has 0 saturated heterocycles. The quantitative estimate of drug-likeness (QED) is 0.596. The second-order valence-electron chi connectivity index (χ2n) is 3.42. The Kier molecular flexibility index (Phi) is 2.91. The molecule has 1 amide bonds. The van der Waals surface area contributed by atoms with Crippen LogP contribution in [0.5, 0.6) is 5.75 Å². The van der Waals surface area contributed by atoms with Gasteiger partial charge in [0.1, 0.15) is 11.6 Å². The van der Waals surface area contributed by atoms with Gasteiger partial charge in [0.05, 0.1) is 18.0 Å². The topological polar surface area (TPSA) is 117 Å². The van der Waals surface area contributed by atoms with Crippen molar-refractivity contribution >= 4 is 11.7 Å². The summed E-state index contributed by atoms with van der Waals surface area (Å²) in [6.45, 7) is 0.261. The van der Waals surface area contributed by atoms with Gasteiger partial charge in [-0.2, -0.15) is 5.10 Å². The highest BCUT2D eigenvalue weighted by Crippen LogP contribution is 2.09. The van der Waals surface area contributed by atoms with E-state index in [9.17, 15) is 9.90 Å². The monoisotopic (exact) mass is 233 g/mol. The van der Waals surface area contributed by atoms with Crippen LogP contribution in [0, 0.1) is 0 Å². The highest BCUT2D eigenvalue weighted by molar-refractivity contribution is 5.94. The van der Waals surface area contributed by atoms with Gasteiger partial charge in [0.15, 0.2) is 0 Å². The first-order chi connectivity index (χ1) is 8.16. The lowest BCUT2D eigenvalue weighted by Gasteiger charge is -2.04. The van der Waals surface area contributed by atoms with Gasteiger partial charge in [-0.3, -0.25) is 14.9 Å². The number of carbonyl (C=O) groups is 1. The van der Waals surface area contributed by atoms with E-state index in [1.807, 2.05) is 0 Å². The van der Waals surface area contributed by atoms with Gasteiger partial charge in [-0.25, -0.2) is 0 Å². The third-order valence-electron chi connectivity index (χ3n) is 2.18. The predicted molar refractivity (Wildman–Crippen MR) is 60.1 cm³/mol.